The van der Waals surface area contributed by atoms with Crippen molar-refractivity contribution < 1.29 is 22.4 Å². The minimum absolute atomic E-state index is 0.0205. The van der Waals surface area contributed by atoms with Crippen molar-refractivity contribution in [3.8, 4) is 0 Å². The summed E-state index contributed by atoms with van der Waals surface area (Å²) in [5.41, 5.74) is 2.24. The highest BCUT2D eigenvalue weighted by atomic mass is 32.2. The summed E-state index contributed by atoms with van der Waals surface area (Å²) in [6.07, 6.45) is 1.78. The van der Waals surface area contributed by atoms with Gasteiger partial charge in [-0.2, -0.15) is 0 Å². The number of hydrogen-bond donors (Lipinski definition) is 1. The Morgan fingerprint density at radius 2 is 1.45 bits per heavy atom. The van der Waals surface area contributed by atoms with Gasteiger partial charge in [-0.25, -0.2) is 12.8 Å². The topological polar surface area (TPSA) is 86.8 Å². The van der Waals surface area contributed by atoms with Crippen LogP contribution in [0.15, 0.2) is 114 Å². The monoisotopic (exact) mass is 615 g/mol. The molecule has 1 atom stereocenters. The Kier molecular flexibility index (Phi) is 11.3. The number of hydrogen-bond acceptors (Lipinski definition) is 4. The number of benzene rings is 4. The molecule has 44 heavy (non-hydrogen) atoms. The summed E-state index contributed by atoms with van der Waals surface area (Å²) in [6.45, 7) is 3.49. The van der Waals surface area contributed by atoms with Crippen LogP contribution in [0.25, 0.3) is 0 Å². The number of rotatable bonds is 14. The van der Waals surface area contributed by atoms with E-state index in [2.05, 4.69) is 5.32 Å². The van der Waals surface area contributed by atoms with E-state index in [4.69, 9.17) is 0 Å². The van der Waals surface area contributed by atoms with Crippen LogP contribution in [0.2, 0.25) is 0 Å². The molecule has 1 N–H and O–H groups in total. The molecule has 0 saturated heterocycles. The molecule has 0 spiro atoms. The van der Waals surface area contributed by atoms with E-state index in [1.165, 1.54) is 23.1 Å². The molecular formula is C35H38FN3O4S. The van der Waals surface area contributed by atoms with Crippen LogP contribution in [0.5, 0.6) is 0 Å². The molecule has 4 rings (SSSR count). The molecule has 2 amide bonds. The molecule has 230 valence electrons. The molecule has 4 aromatic carbocycles. The molecule has 0 saturated carbocycles. The van der Waals surface area contributed by atoms with Gasteiger partial charge in [0.1, 0.15) is 18.4 Å². The number of carbonyl (C=O) groups is 2. The molecule has 0 aliphatic rings. The maximum Gasteiger partial charge on any atom is 0.264 e. The quantitative estimate of drug-likeness (QED) is 0.179. The number of nitrogens with one attached hydrogen (secondary N) is 1. The van der Waals surface area contributed by atoms with Crippen LogP contribution in [-0.2, 0) is 32.6 Å². The van der Waals surface area contributed by atoms with E-state index in [1.807, 2.05) is 44.2 Å². The van der Waals surface area contributed by atoms with E-state index in [9.17, 15) is 22.4 Å². The van der Waals surface area contributed by atoms with Crippen molar-refractivity contribution in [2.45, 2.75) is 50.6 Å². The lowest BCUT2D eigenvalue weighted by atomic mass is 10.0. The first-order valence-corrected chi connectivity index (χ1v) is 16.1. The van der Waals surface area contributed by atoms with Crippen LogP contribution in [0.4, 0.5) is 10.1 Å². The maximum absolute atomic E-state index is 15.0. The lowest BCUT2D eigenvalue weighted by Crippen LogP contribution is -2.53. The highest BCUT2D eigenvalue weighted by Gasteiger charge is 2.34. The summed E-state index contributed by atoms with van der Waals surface area (Å²) in [6, 6.07) is 29.0. The van der Waals surface area contributed by atoms with Crippen molar-refractivity contribution in [3.63, 3.8) is 0 Å². The first-order valence-electron chi connectivity index (χ1n) is 14.7. The number of aryl methyl sites for hydroxylation is 1. The molecule has 0 aliphatic heterocycles. The van der Waals surface area contributed by atoms with Crippen LogP contribution in [0.3, 0.4) is 0 Å². The predicted octanol–water partition coefficient (Wildman–Crippen LogP) is 5.89. The third-order valence-corrected chi connectivity index (χ3v) is 9.12. The fraction of sp³-hybridized carbons (Fsp3) is 0.257. The van der Waals surface area contributed by atoms with Crippen LogP contribution in [0.1, 0.15) is 36.5 Å². The molecule has 9 heteroatoms. The van der Waals surface area contributed by atoms with Gasteiger partial charge in [0.05, 0.1) is 10.6 Å². The standard InChI is InChI=1S/C35H38FN3O4S/c1-3-4-23-37-35(41)33(24-28-13-7-5-8-14-28)38(25-29-15-11-12-18-32(29)36)34(40)26-39(30-21-19-27(2)20-22-30)44(42,43)31-16-9-6-10-17-31/h5-22,33H,3-4,23-26H2,1-2H3,(H,37,41). The van der Waals surface area contributed by atoms with Crippen LogP contribution < -0.4 is 9.62 Å². The molecule has 1 unspecified atom stereocenters. The van der Waals surface area contributed by atoms with Crippen molar-refractivity contribution in [1.29, 1.82) is 0 Å². The van der Waals surface area contributed by atoms with E-state index in [-0.39, 0.29) is 29.3 Å². The minimum Gasteiger partial charge on any atom is -0.354 e. The second kappa shape index (κ2) is 15.3. The average molecular weight is 616 g/mol. The summed E-state index contributed by atoms with van der Waals surface area (Å²) < 4.78 is 44.0. The number of carbonyl (C=O) groups excluding carboxylic acids is 2. The van der Waals surface area contributed by atoms with Gasteiger partial charge >= 0.3 is 0 Å². The van der Waals surface area contributed by atoms with Gasteiger partial charge in [0.2, 0.25) is 11.8 Å². The van der Waals surface area contributed by atoms with Crippen molar-refractivity contribution >= 4 is 27.5 Å². The number of anilines is 1. The lowest BCUT2D eigenvalue weighted by molar-refractivity contribution is -0.140. The predicted molar refractivity (Wildman–Crippen MR) is 171 cm³/mol. The molecule has 0 fully saturated rings. The highest BCUT2D eigenvalue weighted by Crippen LogP contribution is 2.25. The van der Waals surface area contributed by atoms with Crippen molar-refractivity contribution in [2.24, 2.45) is 0 Å². The number of halogens is 1. The highest BCUT2D eigenvalue weighted by molar-refractivity contribution is 7.92. The van der Waals surface area contributed by atoms with Gasteiger partial charge in [-0.05, 0) is 49.2 Å². The van der Waals surface area contributed by atoms with Crippen molar-refractivity contribution in [3.05, 3.63) is 132 Å². The molecule has 0 radical (unpaired) electrons. The van der Waals surface area contributed by atoms with Gasteiger partial charge in [-0.15, -0.1) is 0 Å². The Bertz CT molecular complexity index is 1630. The Balaban J connectivity index is 1.78. The van der Waals surface area contributed by atoms with E-state index in [0.717, 1.165) is 28.3 Å². The average Bonchev–Trinajstić information content (AvgIpc) is 3.03. The SMILES string of the molecule is CCCCNC(=O)C(Cc1ccccc1)N(Cc1ccccc1F)C(=O)CN(c1ccc(C)cc1)S(=O)(=O)c1ccccc1. The Labute approximate surface area is 259 Å². The smallest absolute Gasteiger partial charge is 0.264 e. The van der Waals surface area contributed by atoms with Crippen molar-refractivity contribution in [2.75, 3.05) is 17.4 Å². The molecule has 0 bridgehead atoms. The van der Waals surface area contributed by atoms with E-state index < -0.39 is 34.3 Å². The molecule has 0 heterocycles. The summed E-state index contributed by atoms with van der Waals surface area (Å²) in [4.78, 5) is 29.4. The summed E-state index contributed by atoms with van der Waals surface area (Å²) in [5, 5.41) is 2.93. The number of unbranched alkanes of at least 4 members (excludes halogenated alkanes) is 1. The number of amides is 2. The minimum atomic E-state index is -4.19. The van der Waals surface area contributed by atoms with Gasteiger partial charge in [0, 0.05) is 25.1 Å². The van der Waals surface area contributed by atoms with E-state index >= 15 is 0 Å². The van der Waals surface area contributed by atoms with Crippen LogP contribution >= 0.6 is 0 Å². The van der Waals surface area contributed by atoms with Gasteiger partial charge in [0.25, 0.3) is 10.0 Å². The van der Waals surface area contributed by atoms with Gasteiger partial charge in [0.15, 0.2) is 0 Å². The summed E-state index contributed by atoms with van der Waals surface area (Å²) in [7, 11) is -4.19. The van der Waals surface area contributed by atoms with E-state index in [0.29, 0.717) is 12.2 Å². The summed E-state index contributed by atoms with van der Waals surface area (Å²) >= 11 is 0. The zero-order valence-electron chi connectivity index (χ0n) is 25.0. The number of nitrogens with zero attached hydrogens (tertiary/aromatic N) is 2. The van der Waals surface area contributed by atoms with Crippen LogP contribution in [-0.4, -0.2) is 44.3 Å². The second-order valence-electron chi connectivity index (χ2n) is 10.6. The fourth-order valence-electron chi connectivity index (χ4n) is 4.83. The first kappa shape index (κ1) is 32.4. The summed E-state index contributed by atoms with van der Waals surface area (Å²) in [5.74, 6) is -1.55. The third kappa shape index (κ3) is 8.32. The molecule has 0 aromatic heterocycles. The van der Waals surface area contributed by atoms with Crippen LogP contribution in [0, 0.1) is 12.7 Å². The molecule has 0 aliphatic carbocycles. The van der Waals surface area contributed by atoms with Gasteiger partial charge in [-0.3, -0.25) is 13.9 Å². The Hall–Kier alpha value is -4.50. The fourth-order valence-corrected chi connectivity index (χ4v) is 6.26. The Morgan fingerprint density at radius 3 is 2.09 bits per heavy atom. The molecule has 4 aromatic rings. The number of sulfonamides is 1. The van der Waals surface area contributed by atoms with Gasteiger partial charge < -0.3 is 10.2 Å². The van der Waals surface area contributed by atoms with E-state index in [1.54, 1.807) is 60.7 Å². The first-order chi connectivity index (χ1) is 21.2. The molecular weight excluding hydrogens is 577 g/mol. The third-order valence-electron chi connectivity index (χ3n) is 7.33. The Morgan fingerprint density at radius 1 is 0.841 bits per heavy atom. The lowest BCUT2D eigenvalue weighted by Gasteiger charge is -2.34. The maximum atomic E-state index is 15.0. The largest absolute Gasteiger partial charge is 0.354 e. The normalized spacial score (nSPS) is 11.9. The molecule has 7 nitrogen and oxygen atoms in total. The zero-order valence-corrected chi connectivity index (χ0v) is 25.8. The second-order valence-corrected chi connectivity index (χ2v) is 12.5. The van der Waals surface area contributed by atoms with Crippen molar-refractivity contribution in [1.82, 2.24) is 10.2 Å². The van der Waals surface area contributed by atoms with Gasteiger partial charge in [-0.1, -0.05) is 97.8 Å². The zero-order chi connectivity index (χ0) is 31.5.